The molecule has 4 heteroatoms. The molecule has 1 aromatic rings. The number of piperidine rings is 1. The lowest BCUT2D eigenvalue weighted by atomic mass is 10.00. The molecule has 0 amide bonds. The fraction of sp³-hybridized carbons (Fsp3) is 0.462. The van der Waals surface area contributed by atoms with Gasteiger partial charge in [-0.2, -0.15) is 0 Å². The predicted octanol–water partition coefficient (Wildman–Crippen LogP) is 3.77. The second kappa shape index (κ2) is 5.69. The molecular formula is C13H17ClN2S. The van der Waals surface area contributed by atoms with Gasteiger partial charge in [-0.05, 0) is 49.2 Å². The molecule has 0 atom stereocenters. The molecule has 0 saturated carbocycles. The summed E-state index contributed by atoms with van der Waals surface area (Å²) in [5, 5.41) is 4.77. The van der Waals surface area contributed by atoms with E-state index in [9.17, 15) is 0 Å². The summed E-state index contributed by atoms with van der Waals surface area (Å²) in [5.41, 5.74) is 0.959. The van der Waals surface area contributed by atoms with Crippen molar-refractivity contribution in [1.29, 1.82) is 0 Å². The van der Waals surface area contributed by atoms with Crippen LogP contribution in [0.2, 0.25) is 5.02 Å². The molecule has 0 unspecified atom stereocenters. The fourth-order valence-corrected chi connectivity index (χ4v) is 2.47. The molecule has 1 N–H and O–H groups in total. The van der Waals surface area contributed by atoms with Gasteiger partial charge in [0.25, 0.3) is 0 Å². The van der Waals surface area contributed by atoms with E-state index in [1.54, 1.807) is 0 Å². The first-order valence-corrected chi connectivity index (χ1v) is 6.75. The summed E-state index contributed by atoms with van der Waals surface area (Å²) in [6, 6.07) is 7.65. The number of nitrogens with one attached hydrogen (secondary N) is 1. The SMILES string of the molecule is CC1CCN(C(=S)Nc2cccc(Cl)c2)CC1. The van der Waals surface area contributed by atoms with Gasteiger partial charge in [0, 0.05) is 23.8 Å². The molecule has 0 aliphatic carbocycles. The van der Waals surface area contributed by atoms with Crippen molar-refractivity contribution in [3.05, 3.63) is 29.3 Å². The predicted molar refractivity (Wildman–Crippen MR) is 77.6 cm³/mol. The second-order valence-electron chi connectivity index (χ2n) is 4.61. The maximum atomic E-state index is 5.94. The highest BCUT2D eigenvalue weighted by Crippen LogP contribution is 2.19. The first-order chi connectivity index (χ1) is 8.15. The first kappa shape index (κ1) is 12.7. The summed E-state index contributed by atoms with van der Waals surface area (Å²) < 4.78 is 0. The second-order valence-corrected chi connectivity index (χ2v) is 5.43. The van der Waals surface area contributed by atoms with Crippen LogP contribution in [0.1, 0.15) is 19.8 Å². The molecule has 0 bridgehead atoms. The topological polar surface area (TPSA) is 15.3 Å². The van der Waals surface area contributed by atoms with E-state index < -0.39 is 0 Å². The summed E-state index contributed by atoms with van der Waals surface area (Å²) in [7, 11) is 0. The Morgan fingerprint density at radius 3 is 2.76 bits per heavy atom. The Balaban J connectivity index is 1.93. The lowest BCUT2D eigenvalue weighted by Crippen LogP contribution is -2.40. The van der Waals surface area contributed by atoms with E-state index in [1.807, 2.05) is 24.3 Å². The number of likely N-dealkylation sites (tertiary alicyclic amines) is 1. The van der Waals surface area contributed by atoms with Gasteiger partial charge in [0.1, 0.15) is 0 Å². The largest absolute Gasteiger partial charge is 0.349 e. The molecule has 17 heavy (non-hydrogen) atoms. The summed E-state index contributed by atoms with van der Waals surface area (Å²) in [6.45, 7) is 4.39. The maximum Gasteiger partial charge on any atom is 0.173 e. The van der Waals surface area contributed by atoms with Gasteiger partial charge in [-0.1, -0.05) is 24.6 Å². The highest BCUT2D eigenvalue weighted by Gasteiger charge is 2.17. The molecule has 1 saturated heterocycles. The van der Waals surface area contributed by atoms with Gasteiger partial charge in [0.2, 0.25) is 0 Å². The van der Waals surface area contributed by atoms with Gasteiger partial charge in [-0.3, -0.25) is 0 Å². The number of nitrogens with zero attached hydrogens (tertiary/aromatic N) is 1. The summed E-state index contributed by atoms with van der Waals surface area (Å²) in [4.78, 5) is 2.23. The van der Waals surface area contributed by atoms with Crippen molar-refractivity contribution in [2.45, 2.75) is 19.8 Å². The Hall–Kier alpha value is -0.800. The highest BCUT2D eigenvalue weighted by atomic mass is 35.5. The molecule has 0 aromatic heterocycles. The first-order valence-electron chi connectivity index (χ1n) is 5.96. The monoisotopic (exact) mass is 268 g/mol. The van der Waals surface area contributed by atoms with E-state index in [1.165, 1.54) is 12.8 Å². The minimum Gasteiger partial charge on any atom is -0.349 e. The lowest BCUT2D eigenvalue weighted by Gasteiger charge is -2.32. The molecule has 1 aromatic carbocycles. The zero-order valence-corrected chi connectivity index (χ0v) is 11.5. The van der Waals surface area contributed by atoms with Gasteiger partial charge in [-0.15, -0.1) is 0 Å². The number of hydrogen-bond donors (Lipinski definition) is 1. The molecule has 1 aliphatic rings. The minimum absolute atomic E-state index is 0.727. The van der Waals surface area contributed by atoms with Crippen LogP contribution in [0.25, 0.3) is 0 Å². The van der Waals surface area contributed by atoms with Crippen molar-refractivity contribution in [3.8, 4) is 0 Å². The highest BCUT2D eigenvalue weighted by molar-refractivity contribution is 7.80. The smallest absolute Gasteiger partial charge is 0.173 e. The van der Waals surface area contributed by atoms with Crippen molar-refractivity contribution in [3.63, 3.8) is 0 Å². The van der Waals surface area contributed by atoms with E-state index in [2.05, 4.69) is 17.1 Å². The summed E-state index contributed by atoms with van der Waals surface area (Å²) in [6.07, 6.45) is 2.44. The van der Waals surface area contributed by atoms with Crippen LogP contribution in [0.5, 0.6) is 0 Å². The Bertz CT molecular complexity index is 400. The standard InChI is InChI=1S/C13H17ClN2S/c1-10-5-7-16(8-6-10)13(17)15-12-4-2-3-11(14)9-12/h2-4,9-10H,5-8H2,1H3,(H,15,17). The lowest BCUT2D eigenvalue weighted by molar-refractivity contribution is 0.283. The van der Waals surface area contributed by atoms with E-state index in [-0.39, 0.29) is 0 Å². The van der Waals surface area contributed by atoms with Gasteiger partial charge in [0.15, 0.2) is 5.11 Å². The molecule has 0 radical (unpaired) electrons. The van der Waals surface area contributed by atoms with Crippen molar-refractivity contribution >= 4 is 34.6 Å². The number of thiocarbonyl (C=S) groups is 1. The minimum atomic E-state index is 0.727. The third kappa shape index (κ3) is 3.58. The maximum absolute atomic E-state index is 5.94. The quantitative estimate of drug-likeness (QED) is 0.781. The molecule has 2 nitrogen and oxygen atoms in total. The Morgan fingerprint density at radius 2 is 2.12 bits per heavy atom. The van der Waals surface area contributed by atoms with E-state index in [0.717, 1.165) is 34.8 Å². The van der Waals surface area contributed by atoms with Gasteiger partial charge < -0.3 is 10.2 Å². The summed E-state index contributed by atoms with van der Waals surface area (Å²) >= 11 is 11.3. The van der Waals surface area contributed by atoms with E-state index in [0.29, 0.717) is 0 Å². The molecule has 1 aliphatic heterocycles. The van der Waals surface area contributed by atoms with E-state index in [4.69, 9.17) is 23.8 Å². The average Bonchev–Trinajstić information content (AvgIpc) is 2.29. The number of benzene rings is 1. The number of anilines is 1. The van der Waals surface area contributed by atoms with E-state index >= 15 is 0 Å². The van der Waals surface area contributed by atoms with Crippen LogP contribution < -0.4 is 5.32 Å². The molecule has 1 heterocycles. The fourth-order valence-electron chi connectivity index (χ4n) is 1.98. The van der Waals surface area contributed by atoms with Crippen LogP contribution in [0.3, 0.4) is 0 Å². The normalized spacial score (nSPS) is 16.9. The van der Waals surface area contributed by atoms with Gasteiger partial charge in [-0.25, -0.2) is 0 Å². The third-order valence-electron chi connectivity index (χ3n) is 3.15. The molecule has 1 fully saturated rings. The Morgan fingerprint density at radius 1 is 1.41 bits per heavy atom. The zero-order chi connectivity index (χ0) is 12.3. The van der Waals surface area contributed by atoms with Gasteiger partial charge in [0.05, 0.1) is 0 Å². The van der Waals surface area contributed by atoms with Crippen LogP contribution in [0.4, 0.5) is 5.69 Å². The van der Waals surface area contributed by atoms with Crippen LogP contribution in [0.15, 0.2) is 24.3 Å². The van der Waals surface area contributed by atoms with Crippen LogP contribution >= 0.6 is 23.8 Å². The number of halogens is 1. The molecule has 0 spiro atoms. The Labute approximate surface area is 113 Å². The average molecular weight is 269 g/mol. The van der Waals surface area contributed by atoms with Crippen LogP contribution in [-0.4, -0.2) is 23.1 Å². The van der Waals surface area contributed by atoms with Crippen molar-refractivity contribution in [1.82, 2.24) is 4.90 Å². The molecular weight excluding hydrogens is 252 g/mol. The van der Waals surface area contributed by atoms with Crippen LogP contribution in [0, 0.1) is 5.92 Å². The van der Waals surface area contributed by atoms with Gasteiger partial charge >= 0.3 is 0 Å². The molecule has 92 valence electrons. The van der Waals surface area contributed by atoms with Crippen molar-refractivity contribution in [2.75, 3.05) is 18.4 Å². The van der Waals surface area contributed by atoms with Crippen molar-refractivity contribution < 1.29 is 0 Å². The third-order valence-corrected chi connectivity index (χ3v) is 3.74. The Kier molecular flexibility index (Phi) is 4.24. The number of hydrogen-bond acceptors (Lipinski definition) is 1. The van der Waals surface area contributed by atoms with Crippen LogP contribution in [-0.2, 0) is 0 Å². The molecule has 2 rings (SSSR count). The van der Waals surface area contributed by atoms with Crippen molar-refractivity contribution in [2.24, 2.45) is 5.92 Å². The zero-order valence-electron chi connectivity index (χ0n) is 9.95. The summed E-state index contributed by atoms with van der Waals surface area (Å²) in [5.74, 6) is 0.820. The number of rotatable bonds is 1.